The summed E-state index contributed by atoms with van der Waals surface area (Å²) in [5.41, 5.74) is 0.361. The second kappa shape index (κ2) is 7.64. The van der Waals surface area contributed by atoms with Crippen LogP contribution in [0.1, 0.15) is 73.6 Å². The van der Waals surface area contributed by atoms with Crippen molar-refractivity contribution in [1.29, 1.82) is 0 Å². The van der Waals surface area contributed by atoms with Gasteiger partial charge in [-0.1, -0.05) is 53.9 Å². The molecule has 1 saturated heterocycles. The molecule has 0 bridgehead atoms. The van der Waals surface area contributed by atoms with E-state index in [1.165, 1.54) is 38.6 Å². The molecule has 1 fully saturated rings. The predicted octanol–water partition coefficient (Wildman–Crippen LogP) is 4.05. The maximum Gasteiger partial charge on any atom is 0.0244 e. The molecule has 1 aliphatic rings. The van der Waals surface area contributed by atoms with Crippen LogP contribution in [0.5, 0.6) is 0 Å². The van der Waals surface area contributed by atoms with Crippen molar-refractivity contribution in [3.05, 3.63) is 0 Å². The van der Waals surface area contributed by atoms with E-state index in [-0.39, 0.29) is 0 Å². The molecule has 0 aromatic heterocycles. The number of unbranched alkanes of at least 4 members (excludes halogenated alkanes) is 2. The van der Waals surface area contributed by atoms with E-state index in [1.54, 1.807) is 0 Å². The standard InChI is InChI=1S/C17H36N2/c1-7-9-10-11-14(3)19-13-16(17(4,5)6)18-12-15(19)8-2/h14-16,18H,7-13H2,1-6H3. The highest BCUT2D eigenvalue weighted by atomic mass is 15.3. The van der Waals surface area contributed by atoms with Crippen LogP contribution in [0.25, 0.3) is 0 Å². The molecule has 114 valence electrons. The number of hydrogen-bond donors (Lipinski definition) is 1. The summed E-state index contributed by atoms with van der Waals surface area (Å²) < 4.78 is 0. The molecule has 2 nitrogen and oxygen atoms in total. The second-order valence-electron chi connectivity index (χ2n) is 7.43. The lowest BCUT2D eigenvalue weighted by Crippen LogP contribution is -2.62. The van der Waals surface area contributed by atoms with Gasteiger partial charge in [0.1, 0.15) is 0 Å². The Balaban J connectivity index is 2.58. The maximum absolute atomic E-state index is 3.77. The first-order chi connectivity index (χ1) is 8.90. The average molecular weight is 268 g/mol. The number of piperazine rings is 1. The van der Waals surface area contributed by atoms with Crippen molar-refractivity contribution in [2.24, 2.45) is 5.41 Å². The van der Waals surface area contributed by atoms with Gasteiger partial charge in [-0.3, -0.25) is 4.90 Å². The van der Waals surface area contributed by atoms with Crippen LogP contribution < -0.4 is 5.32 Å². The Labute approximate surface area is 121 Å². The minimum Gasteiger partial charge on any atom is -0.311 e. The van der Waals surface area contributed by atoms with Crippen molar-refractivity contribution in [1.82, 2.24) is 10.2 Å². The molecular weight excluding hydrogens is 232 g/mol. The normalized spacial score (nSPS) is 27.5. The van der Waals surface area contributed by atoms with Gasteiger partial charge in [-0.05, 0) is 25.2 Å². The summed E-state index contributed by atoms with van der Waals surface area (Å²) in [5.74, 6) is 0. The van der Waals surface area contributed by atoms with Crippen LogP contribution in [0, 0.1) is 5.41 Å². The summed E-state index contributed by atoms with van der Waals surface area (Å²) in [6, 6.07) is 2.10. The van der Waals surface area contributed by atoms with Crippen LogP contribution in [0.3, 0.4) is 0 Å². The largest absolute Gasteiger partial charge is 0.311 e. The van der Waals surface area contributed by atoms with Crippen LogP contribution in [0.4, 0.5) is 0 Å². The van der Waals surface area contributed by atoms with Crippen LogP contribution in [-0.4, -0.2) is 36.1 Å². The van der Waals surface area contributed by atoms with E-state index in [1.807, 2.05) is 0 Å². The van der Waals surface area contributed by atoms with Gasteiger partial charge in [-0.2, -0.15) is 0 Å². The van der Waals surface area contributed by atoms with Crippen LogP contribution in [0.2, 0.25) is 0 Å². The van der Waals surface area contributed by atoms with Crippen molar-refractivity contribution in [3.8, 4) is 0 Å². The lowest BCUT2D eigenvalue weighted by atomic mass is 9.84. The lowest BCUT2D eigenvalue weighted by molar-refractivity contribution is 0.0497. The molecular formula is C17H36N2. The van der Waals surface area contributed by atoms with Crippen molar-refractivity contribution in [2.45, 2.75) is 91.8 Å². The first kappa shape index (κ1) is 17.0. The summed E-state index contributed by atoms with van der Waals surface area (Å²) >= 11 is 0. The highest BCUT2D eigenvalue weighted by Crippen LogP contribution is 2.26. The molecule has 19 heavy (non-hydrogen) atoms. The highest BCUT2D eigenvalue weighted by Gasteiger charge is 2.34. The van der Waals surface area contributed by atoms with E-state index in [4.69, 9.17) is 0 Å². The lowest BCUT2D eigenvalue weighted by Gasteiger charge is -2.47. The van der Waals surface area contributed by atoms with Gasteiger partial charge in [-0.15, -0.1) is 0 Å². The molecule has 0 amide bonds. The Kier molecular flexibility index (Phi) is 6.82. The summed E-state index contributed by atoms with van der Waals surface area (Å²) in [6.07, 6.45) is 6.73. The summed E-state index contributed by atoms with van der Waals surface area (Å²) in [7, 11) is 0. The minimum absolute atomic E-state index is 0.361. The van der Waals surface area contributed by atoms with Crippen LogP contribution in [0.15, 0.2) is 0 Å². The first-order valence-electron chi connectivity index (χ1n) is 8.39. The molecule has 1 N–H and O–H groups in total. The van der Waals surface area contributed by atoms with Gasteiger partial charge in [0, 0.05) is 31.2 Å². The van der Waals surface area contributed by atoms with Crippen molar-refractivity contribution in [3.63, 3.8) is 0 Å². The Morgan fingerprint density at radius 2 is 1.89 bits per heavy atom. The second-order valence-corrected chi connectivity index (χ2v) is 7.43. The summed E-state index contributed by atoms with van der Waals surface area (Å²) in [5, 5.41) is 3.77. The molecule has 1 heterocycles. The van der Waals surface area contributed by atoms with Gasteiger partial charge in [0.25, 0.3) is 0 Å². The molecule has 2 heteroatoms. The van der Waals surface area contributed by atoms with E-state index in [0.717, 1.165) is 18.6 Å². The summed E-state index contributed by atoms with van der Waals surface area (Å²) in [4.78, 5) is 2.78. The maximum atomic E-state index is 3.77. The Morgan fingerprint density at radius 3 is 2.42 bits per heavy atom. The van der Waals surface area contributed by atoms with Crippen molar-refractivity contribution < 1.29 is 0 Å². The monoisotopic (exact) mass is 268 g/mol. The van der Waals surface area contributed by atoms with Crippen molar-refractivity contribution in [2.75, 3.05) is 13.1 Å². The average Bonchev–Trinajstić information content (AvgIpc) is 2.37. The van der Waals surface area contributed by atoms with Gasteiger partial charge in [0.15, 0.2) is 0 Å². The molecule has 0 radical (unpaired) electrons. The third-order valence-electron chi connectivity index (χ3n) is 4.77. The third kappa shape index (κ3) is 5.07. The molecule has 3 atom stereocenters. The Bertz CT molecular complexity index is 244. The highest BCUT2D eigenvalue weighted by molar-refractivity contribution is 4.93. The molecule has 3 unspecified atom stereocenters. The van der Waals surface area contributed by atoms with Gasteiger partial charge >= 0.3 is 0 Å². The van der Waals surface area contributed by atoms with Gasteiger partial charge in [0.05, 0.1) is 0 Å². The number of rotatable bonds is 6. The molecule has 0 aliphatic carbocycles. The quantitative estimate of drug-likeness (QED) is 0.731. The number of nitrogens with zero attached hydrogens (tertiary/aromatic N) is 1. The molecule has 0 spiro atoms. The zero-order chi connectivity index (χ0) is 14.5. The topological polar surface area (TPSA) is 15.3 Å². The third-order valence-corrected chi connectivity index (χ3v) is 4.77. The van der Waals surface area contributed by atoms with Crippen molar-refractivity contribution >= 4 is 0 Å². The molecule has 1 rings (SSSR count). The van der Waals surface area contributed by atoms with E-state index < -0.39 is 0 Å². The fraction of sp³-hybridized carbons (Fsp3) is 1.00. The molecule has 1 aliphatic heterocycles. The number of nitrogens with one attached hydrogen (secondary N) is 1. The number of hydrogen-bond acceptors (Lipinski definition) is 2. The smallest absolute Gasteiger partial charge is 0.0244 e. The molecule has 0 aromatic rings. The van der Waals surface area contributed by atoms with E-state index in [2.05, 4.69) is 51.8 Å². The van der Waals surface area contributed by atoms with E-state index in [0.29, 0.717) is 11.5 Å². The predicted molar refractivity (Wildman–Crippen MR) is 85.6 cm³/mol. The van der Waals surface area contributed by atoms with E-state index in [9.17, 15) is 0 Å². The minimum atomic E-state index is 0.361. The fourth-order valence-corrected chi connectivity index (χ4v) is 3.17. The molecule has 0 aromatic carbocycles. The Morgan fingerprint density at radius 1 is 1.21 bits per heavy atom. The van der Waals surface area contributed by atoms with Gasteiger partial charge in [0.2, 0.25) is 0 Å². The fourth-order valence-electron chi connectivity index (χ4n) is 3.17. The van der Waals surface area contributed by atoms with Crippen LogP contribution >= 0.6 is 0 Å². The van der Waals surface area contributed by atoms with Gasteiger partial charge < -0.3 is 5.32 Å². The molecule has 0 saturated carbocycles. The van der Waals surface area contributed by atoms with Crippen LogP contribution in [-0.2, 0) is 0 Å². The zero-order valence-electron chi connectivity index (χ0n) is 14.1. The zero-order valence-corrected chi connectivity index (χ0v) is 14.1. The first-order valence-corrected chi connectivity index (χ1v) is 8.39. The summed E-state index contributed by atoms with van der Waals surface area (Å²) in [6.45, 7) is 16.5. The SMILES string of the molecule is CCCCCC(C)N1CC(C(C)(C)C)NCC1CC. The Hall–Kier alpha value is -0.0800. The van der Waals surface area contributed by atoms with E-state index >= 15 is 0 Å². The van der Waals surface area contributed by atoms with Gasteiger partial charge in [-0.25, -0.2) is 0 Å².